The van der Waals surface area contributed by atoms with Crippen LogP contribution in [0.3, 0.4) is 0 Å². The minimum atomic E-state index is -3.27. The molecule has 4 aliphatic rings. The molecule has 5 nitrogen and oxygen atoms in total. The van der Waals surface area contributed by atoms with Crippen molar-refractivity contribution in [2.45, 2.75) is 91.5 Å². The number of allylic oxidation sites excluding steroid dienone is 3. The van der Waals surface area contributed by atoms with Crippen LogP contribution in [0.15, 0.2) is 71.0 Å². The average molecular weight is 624 g/mol. The molecule has 0 aromatic heterocycles. The highest BCUT2D eigenvalue weighted by Gasteiger charge is 2.47. The second-order valence-corrected chi connectivity index (χ2v) is 12.6. The molecule has 0 spiro atoms. The van der Waals surface area contributed by atoms with E-state index in [0.29, 0.717) is 12.3 Å². The number of nitriles is 1. The molecule has 1 atom stereocenters. The van der Waals surface area contributed by atoms with Gasteiger partial charge < -0.3 is 15.1 Å². The Morgan fingerprint density at radius 1 is 1.13 bits per heavy atom. The molecule has 1 saturated carbocycles. The van der Waals surface area contributed by atoms with Crippen molar-refractivity contribution in [3.05, 3.63) is 83.0 Å². The Morgan fingerprint density at radius 3 is 2.40 bits per heavy atom. The SMILES string of the molecule is C=CNC1=N[C@H](C)c2cccc(c2F)C(F)(F)CCC2CN(CCCCCN(C)/C(C)=C\1C=C(C(=C)C)C1(C#N)CC1)C2.CC. The van der Waals surface area contributed by atoms with Gasteiger partial charge in [0, 0.05) is 49.9 Å². The van der Waals surface area contributed by atoms with E-state index in [1.54, 1.807) is 6.92 Å². The molecular weight excluding hydrogens is 571 g/mol. The summed E-state index contributed by atoms with van der Waals surface area (Å²) in [6.07, 6.45) is 8.10. The largest absolute Gasteiger partial charge is 0.378 e. The van der Waals surface area contributed by atoms with Crippen molar-refractivity contribution in [3.8, 4) is 6.07 Å². The fraction of sp³-hybridized carbons (Fsp3) is 0.568. The van der Waals surface area contributed by atoms with Gasteiger partial charge in [-0.15, -0.1) is 0 Å². The quantitative estimate of drug-likeness (QED) is 0.340. The molecule has 1 saturated heterocycles. The predicted octanol–water partition coefficient (Wildman–Crippen LogP) is 9.04. The third-order valence-corrected chi connectivity index (χ3v) is 9.25. The summed E-state index contributed by atoms with van der Waals surface area (Å²) >= 11 is 0. The van der Waals surface area contributed by atoms with Crippen LogP contribution in [0.5, 0.6) is 0 Å². The number of nitrogens with one attached hydrogen (secondary N) is 1. The lowest BCUT2D eigenvalue weighted by molar-refractivity contribution is -0.0321. The van der Waals surface area contributed by atoms with Crippen LogP contribution >= 0.6 is 0 Å². The summed E-state index contributed by atoms with van der Waals surface area (Å²) in [6.45, 7) is 21.1. The van der Waals surface area contributed by atoms with Gasteiger partial charge in [0.15, 0.2) is 0 Å². The standard InChI is InChI=1S/C35H46F3N5.C2H6/c1-7-40-33-29(20-31(24(2)3)34(23-39)16-17-34)26(5)42(6)18-9-8-10-19-43-21-27(22-43)14-15-35(37,38)30-13-11-12-28(32(30)36)25(4)41-33;1-2/h7,11-13,20,25,27H,1-2,8-10,14-19,21-22H2,3-6H3,(H,40,41);1-2H3/b29-26-,31-20?;/t25-;/m1./s1. The topological polar surface area (TPSA) is 54.7 Å². The molecule has 4 bridgehead atoms. The number of rotatable bonds is 4. The van der Waals surface area contributed by atoms with E-state index >= 15 is 13.2 Å². The third-order valence-electron chi connectivity index (χ3n) is 9.25. The van der Waals surface area contributed by atoms with Gasteiger partial charge in [0.2, 0.25) is 0 Å². The van der Waals surface area contributed by atoms with Gasteiger partial charge >= 0.3 is 0 Å². The summed E-state index contributed by atoms with van der Waals surface area (Å²) in [7, 11) is 2.03. The number of aliphatic imine (C=N–C) groups is 1. The predicted molar refractivity (Wildman–Crippen MR) is 179 cm³/mol. The maximum atomic E-state index is 15.8. The molecule has 1 aliphatic carbocycles. The second-order valence-electron chi connectivity index (χ2n) is 12.6. The molecule has 1 aromatic carbocycles. The summed E-state index contributed by atoms with van der Waals surface area (Å²) in [6, 6.07) is 5.91. The number of halogens is 3. The lowest BCUT2D eigenvalue weighted by Crippen LogP contribution is -2.47. The van der Waals surface area contributed by atoms with Crippen molar-refractivity contribution in [2.75, 3.05) is 33.2 Å². The molecule has 8 heteroatoms. The first-order valence-electron chi connectivity index (χ1n) is 16.5. The van der Waals surface area contributed by atoms with Gasteiger partial charge in [-0.05, 0) is 83.2 Å². The van der Waals surface area contributed by atoms with Crippen molar-refractivity contribution >= 4 is 5.84 Å². The Balaban J connectivity index is 0.00000271. The molecule has 0 unspecified atom stereocenters. The van der Waals surface area contributed by atoms with Crippen molar-refractivity contribution in [1.82, 2.24) is 15.1 Å². The lowest BCUT2D eigenvalue weighted by atomic mass is 9.89. The highest BCUT2D eigenvalue weighted by atomic mass is 19.3. The van der Waals surface area contributed by atoms with Gasteiger partial charge in [0.05, 0.1) is 23.1 Å². The van der Waals surface area contributed by atoms with E-state index in [0.717, 1.165) is 80.7 Å². The van der Waals surface area contributed by atoms with E-state index < -0.39 is 28.8 Å². The van der Waals surface area contributed by atoms with Crippen molar-refractivity contribution in [1.29, 1.82) is 5.26 Å². The maximum absolute atomic E-state index is 15.8. The van der Waals surface area contributed by atoms with E-state index in [2.05, 4.69) is 34.3 Å². The van der Waals surface area contributed by atoms with Crippen molar-refractivity contribution in [3.63, 3.8) is 0 Å². The highest BCUT2D eigenvalue weighted by molar-refractivity contribution is 6.02. The number of hydrogen-bond donors (Lipinski definition) is 1. The Morgan fingerprint density at radius 2 is 1.80 bits per heavy atom. The van der Waals surface area contributed by atoms with E-state index in [1.807, 2.05) is 40.8 Å². The van der Waals surface area contributed by atoms with Crippen LogP contribution in [0.1, 0.15) is 96.7 Å². The van der Waals surface area contributed by atoms with Gasteiger partial charge in [-0.25, -0.2) is 13.2 Å². The molecule has 2 fully saturated rings. The number of fused-ring (bicyclic) bond motifs is 10. The normalized spacial score (nSPS) is 26.9. The fourth-order valence-electron chi connectivity index (χ4n) is 6.22. The van der Waals surface area contributed by atoms with E-state index in [1.165, 1.54) is 24.4 Å². The average Bonchev–Trinajstić information content (AvgIpc) is 3.78. The second kappa shape index (κ2) is 15.8. The molecule has 5 rings (SSSR count). The molecular formula is C37H52F3N5. The Bertz CT molecular complexity index is 1340. The zero-order valence-corrected chi connectivity index (χ0v) is 28.2. The summed E-state index contributed by atoms with van der Waals surface area (Å²) < 4.78 is 46.6. The molecule has 0 radical (unpaired) electrons. The minimum absolute atomic E-state index is 0.106. The van der Waals surface area contributed by atoms with Gasteiger partial charge in [-0.2, -0.15) is 5.26 Å². The zero-order chi connectivity index (χ0) is 33.4. The number of nitrogens with zero attached hydrogens (tertiary/aromatic N) is 4. The van der Waals surface area contributed by atoms with Crippen LogP contribution < -0.4 is 5.32 Å². The molecule has 0 amide bonds. The first-order chi connectivity index (χ1) is 21.4. The van der Waals surface area contributed by atoms with Crippen molar-refractivity contribution in [2.24, 2.45) is 16.3 Å². The molecule has 1 aromatic rings. The summed E-state index contributed by atoms with van der Waals surface area (Å²) in [4.78, 5) is 9.37. The first kappa shape index (κ1) is 36.2. The van der Waals surface area contributed by atoms with Gasteiger partial charge in [-0.3, -0.25) is 4.99 Å². The van der Waals surface area contributed by atoms with Crippen LogP contribution in [-0.4, -0.2) is 48.9 Å². The van der Waals surface area contributed by atoms with E-state index in [9.17, 15) is 5.26 Å². The van der Waals surface area contributed by atoms with Gasteiger partial charge in [0.25, 0.3) is 5.92 Å². The molecule has 3 heterocycles. The fourth-order valence-corrected chi connectivity index (χ4v) is 6.22. The molecule has 3 aliphatic heterocycles. The number of hydrogen-bond acceptors (Lipinski definition) is 5. The highest BCUT2D eigenvalue weighted by Crippen LogP contribution is 2.53. The Hall–Kier alpha value is -3.31. The Kier molecular flexibility index (Phi) is 12.7. The van der Waals surface area contributed by atoms with Gasteiger partial charge in [-0.1, -0.05) is 57.2 Å². The monoisotopic (exact) mass is 623 g/mol. The van der Waals surface area contributed by atoms with Gasteiger partial charge in [0.1, 0.15) is 11.7 Å². The van der Waals surface area contributed by atoms with Crippen molar-refractivity contribution < 1.29 is 13.2 Å². The summed E-state index contributed by atoms with van der Waals surface area (Å²) in [5.41, 5.74) is 2.25. The summed E-state index contributed by atoms with van der Waals surface area (Å²) in [5, 5.41) is 13.2. The maximum Gasteiger partial charge on any atom is 0.276 e. The van der Waals surface area contributed by atoms with Crippen LogP contribution in [0, 0.1) is 28.5 Å². The van der Waals surface area contributed by atoms with Crippen LogP contribution in [0.4, 0.5) is 13.2 Å². The number of alkyl halides is 2. The molecule has 1 N–H and O–H groups in total. The van der Waals surface area contributed by atoms with E-state index in [4.69, 9.17) is 4.99 Å². The molecule has 45 heavy (non-hydrogen) atoms. The van der Waals surface area contributed by atoms with Crippen LogP contribution in [0.25, 0.3) is 0 Å². The lowest BCUT2D eigenvalue weighted by Gasteiger charge is -2.40. The number of benzene rings is 1. The van der Waals surface area contributed by atoms with Crippen LogP contribution in [0.2, 0.25) is 0 Å². The Labute approximate surface area is 269 Å². The first-order valence-corrected chi connectivity index (χ1v) is 16.5. The summed E-state index contributed by atoms with van der Waals surface area (Å²) in [5.74, 6) is -3.53. The smallest absolute Gasteiger partial charge is 0.276 e. The number of amidine groups is 1. The minimum Gasteiger partial charge on any atom is -0.378 e. The van der Waals surface area contributed by atoms with Crippen LogP contribution in [-0.2, 0) is 5.92 Å². The third kappa shape index (κ3) is 8.70. The zero-order valence-electron chi connectivity index (χ0n) is 28.2. The van der Waals surface area contributed by atoms with E-state index in [-0.39, 0.29) is 17.9 Å². The molecule has 246 valence electrons.